The molecular weight excluding hydrogens is 384 g/mol. The summed E-state index contributed by atoms with van der Waals surface area (Å²) in [6.45, 7) is 5.36. The third-order valence-corrected chi connectivity index (χ3v) is 6.96. The van der Waals surface area contributed by atoms with E-state index in [2.05, 4.69) is 62.4 Å². The van der Waals surface area contributed by atoms with E-state index in [1.54, 1.807) is 0 Å². The minimum Gasteiger partial charge on any atom is -0.494 e. The number of fused-ring (bicyclic) bond motifs is 1. The van der Waals surface area contributed by atoms with E-state index < -0.39 is 0 Å². The summed E-state index contributed by atoms with van der Waals surface area (Å²) in [5.41, 5.74) is 2.78. The van der Waals surface area contributed by atoms with Crippen molar-refractivity contribution in [1.29, 1.82) is 0 Å². The van der Waals surface area contributed by atoms with Crippen LogP contribution in [0.25, 0.3) is 20.5 Å². The molecule has 3 rings (SSSR count). The van der Waals surface area contributed by atoms with E-state index in [-0.39, 0.29) is 0 Å². The molecule has 0 bridgehead atoms. The van der Waals surface area contributed by atoms with Crippen LogP contribution in [0.1, 0.15) is 83.6 Å². The zero-order chi connectivity index (χ0) is 21.0. The summed E-state index contributed by atoms with van der Waals surface area (Å²) in [4.78, 5) is 1.34. The fraction of sp³-hybridized carbons (Fsp3) is 0.500. The SMILES string of the molecule is CCCCCCCCOc1ccc2cc(-c3ccc(CCCCCC)cc3)sc2c1. The van der Waals surface area contributed by atoms with Crippen LogP contribution in [-0.2, 0) is 6.42 Å². The van der Waals surface area contributed by atoms with E-state index in [4.69, 9.17) is 4.74 Å². The highest BCUT2D eigenvalue weighted by Crippen LogP contribution is 2.35. The van der Waals surface area contributed by atoms with Gasteiger partial charge in [0.25, 0.3) is 0 Å². The lowest BCUT2D eigenvalue weighted by Gasteiger charge is -2.06. The van der Waals surface area contributed by atoms with E-state index in [0.29, 0.717) is 0 Å². The van der Waals surface area contributed by atoms with Gasteiger partial charge < -0.3 is 4.74 Å². The van der Waals surface area contributed by atoms with Gasteiger partial charge in [-0.15, -0.1) is 11.3 Å². The number of benzene rings is 2. The Morgan fingerprint density at radius 1 is 0.700 bits per heavy atom. The summed E-state index contributed by atoms with van der Waals surface area (Å²) in [6.07, 6.45) is 14.3. The molecule has 0 spiro atoms. The summed E-state index contributed by atoms with van der Waals surface area (Å²) >= 11 is 1.87. The maximum Gasteiger partial charge on any atom is 0.120 e. The second kappa shape index (κ2) is 12.8. The van der Waals surface area contributed by atoms with Gasteiger partial charge in [-0.25, -0.2) is 0 Å². The lowest BCUT2D eigenvalue weighted by molar-refractivity contribution is 0.305. The Bertz CT molecular complexity index is 862. The summed E-state index contributed by atoms with van der Waals surface area (Å²) in [6, 6.07) is 18.0. The normalized spacial score (nSPS) is 11.3. The van der Waals surface area contributed by atoms with Crippen LogP contribution in [0.2, 0.25) is 0 Å². The number of hydrogen-bond acceptors (Lipinski definition) is 2. The van der Waals surface area contributed by atoms with Crippen LogP contribution in [0.3, 0.4) is 0 Å². The molecule has 162 valence electrons. The van der Waals surface area contributed by atoms with Gasteiger partial charge in [0.2, 0.25) is 0 Å². The molecule has 0 aliphatic carbocycles. The van der Waals surface area contributed by atoms with Crippen molar-refractivity contribution in [3.63, 3.8) is 0 Å². The quantitative estimate of drug-likeness (QED) is 0.235. The highest BCUT2D eigenvalue weighted by Gasteiger charge is 2.06. The van der Waals surface area contributed by atoms with Crippen molar-refractivity contribution < 1.29 is 4.74 Å². The van der Waals surface area contributed by atoms with E-state index in [9.17, 15) is 0 Å². The zero-order valence-electron chi connectivity index (χ0n) is 18.9. The number of thiophene rings is 1. The van der Waals surface area contributed by atoms with Crippen molar-refractivity contribution in [3.8, 4) is 16.2 Å². The first-order valence-corrected chi connectivity index (χ1v) is 12.9. The summed E-state index contributed by atoms with van der Waals surface area (Å²) in [5, 5.41) is 1.31. The van der Waals surface area contributed by atoms with Gasteiger partial charge in [0.05, 0.1) is 6.61 Å². The number of unbranched alkanes of at least 4 members (excludes halogenated alkanes) is 8. The predicted molar refractivity (Wildman–Crippen MR) is 134 cm³/mol. The van der Waals surface area contributed by atoms with Crippen molar-refractivity contribution in [2.75, 3.05) is 6.61 Å². The molecule has 0 aliphatic heterocycles. The summed E-state index contributed by atoms with van der Waals surface area (Å²) in [7, 11) is 0. The third-order valence-electron chi connectivity index (χ3n) is 5.82. The molecule has 2 heteroatoms. The third kappa shape index (κ3) is 7.16. The lowest BCUT2D eigenvalue weighted by atomic mass is 10.0. The van der Waals surface area contributed by atoms with Crippen molar-refractivity contribution in [2.24, 2.45) is 0 Å². The fourth-order valence-corrected chi connectivity index (χ4v) is 5.00. The highest BCUT2D eigenvalue weighted by atomic mass is 32.1. The minimum absolute atomic E-state index is 0.829. The molecular formula is C28H38OS. The molecule has 0 unspecified atom stereocenters. The first-order chi connectivity index (χ1) is 14.8. The van der Waals surface area contributed by atoms with Crippen LogP contribution in [-0.4, -0.2) is 6.61 Å². The van der Waals surface area contributed by atoms with Crippen molar-refractivity contribution in [1.82, 2.24) is 0 Å². The van der Waals surface area contributed by atoms with E-state index >= 15 is 0 Å². The average molecular weight is 423 g/mol. The average Bonchev–Trinajstić information content (AvgIpc) is 3.20. The second-order valence-electron chi connectivity index (χ2n) is 8.43. The van der Waals surface area contributed by atoms with Crippen molar-refractivity contribution >= 4 is 21.4 Å². The summed E-state index contributed by atoms with van der Waals surface area (Å²) in [5.74, 6) is 1.01. The Labute approximate surface area is 187 Å². The number of aryl methyl sites for hydroxylation is 1. The van der Waals surface area contributed by atoms with Gasteiger partial charge in [0.1, 0.15) is 5.75 Å². The molecule has 0 aliphatic rings. The molecule has 0 atom stereocenters. The highest BCUT2D eigenvalue weighted by molar-refractivity contribution is 7.22. The Kier molecular flexibility index (Phi) is 9.76. The molecule has 0 saturated carbocycles. The maximum atomic E-state index is 6.01. The van der Waals surface area contributed by atoms with Gasteiger partial charge in [-0.05, 0) is 60.0 Å². The molecule has 0 saturated heterocycles. The fourth-order valence-electron chi connectivity index (χ4n) is 3.91. The van der Waals surface area contributed by atoms with Gasteiger partial charge in [-0.3, -0.25) is 0 Å². The van der Waals surface area contributed by atoms with E-state index in [1.807, 2.05) is 11.3 Å². The van der Waals surface area contributed by atoms with Crippen LogP contribution < -0.4 is 4.74 Å². The van der Waals surface area contributed by atoms with Gasteiger partial charge >= 0.3 is 0 Å². The molecule has 1 nitrogen and oxygen atoms in total. The minimum atomic E-state index is 0.829. The van der Waals surface area contributed by atoms with Gasteiger partial charge in [0.15, 0.2) is 0 Å². The standard InChI is InChI=1S/C28H38OS/c1-3-5-7-9-10-12-20-29-26-19-18-25-21-27(30-28(25)22-26)24-16-14-23(15-17-24)13-11-8-6-4-2/h14-19,21-22H,3-13,20H2,1-2H3. The molecule has 2 aromatic carbocycles. The largest absolute Gasteiger partial charge is 0.494 e. The molecule has 0 N–H and O–H groups in total. The van der Waals surface area contributed by atoms with E-state index in [1.165, 1.54) is 90.3 Å². The number of ether oxygens (including phenoxy) is 1. The molecule has 0 fully saturated rings. The van der Waals surface area contributed by atoms with Crippen molar-refractivity contribution in [3.05, 3.63) is 54.1 Å². The molecule has 1 heterocycles. The van der Waals surface area contributed by atoms with Crippen LogP contribution >= 0.6 is 11.3 Å². The van der Waals surface area contributed by atoms with Crippen LogP contribution in [0.4, 0.5) is 0 Å². The van der Waals surface area contributed by atoms with Crippen LogP contribution in [0.15, 0.2) is 48.5 Å². The lowest BCUT2D eigenvalue weighted by Crippen LogP contribution is -1.96. The van der Waals surface area contributed by atoms with Crippen LogP contribution in [0.5, 0.6) is 5.75 Å². The molecule has 0 radical (unpaired) electrons. The Hall–Kier alpha value is -1.80. The zero-order valence-corrected chi connectivity index (χ0v) is 19.7. The van der Waals surface area contributed by atoms with Gasteiger partial charge in [-0.2, -0.15) is 0 Å². The summed E-state index contributed by atoms with van der Waals surface area (Å²) < 4.78 is 7.33. The number of rotatable bonds is 14. The first-order valence-electron chi connectivity index (χ1n) is 12.1. The molecule has 3 aromatic rings. The second-order valence-corrected chi connectivity index (χ2v) is 9.52. The smallest absolute Gasteiger partial charge is 0.120 e. The van der Waals surface area contributed by atoms with Gasteiger partial charge in [0, 0.05) is 9.58 Å². The Balaban J connectivity index is 1.52. The van der Waals surface area contributed by atoms with Gasteiger partial charge in [-0.1, -0.05) is 89.5 Å². The molecule has 1 aromatic heterocycles. The van der Waals surface area contributed by atoms with Crippen LogP contribution in [0, 0.1) is 0 Å². The number of hydrogen-bond donors (Lipinski definition) is 0. The molecule has 0 amide bonds. The first kappa shape index (κ1) is 22.9. The van der Waals surface area contributed by atoms with Crippen molar-refractivity contribution in [2.45, 2.75) is 84.5 Å². The monoisotopic (exact) mass is 422 g/mol. The topological polar surface area (TPSA) is 9.23 Å². The Morgan fingerprint density at radius 3 is 2.17 bits per heavy atom. The molecule has 30 heavy (non-hydrogen) atoms. The maximum absolute atomic E-state index is 6.01. The van der Waals surface area contributed by atoms with E-state index in [0.717, 1.165) is 18.8 Å². The predicted octanol–water partition coefficient (Wildman–Crippen LogP) is 9.43. The Morgan fingerprint density at radius 2 is 1.40 bits per heavy atom.